The third-order valence-electron chi connectivity index (χ3n) is 3.63. The summed E-state index contributed by atoms with van der Waals surface area (Å²) in [7, 11) is 0. The van der Waals surface area contributed by atoms with E-state index in [0.29, 0.717) is 27.9 Å². The Balaban J connectivity index is 2.09. The molecule has 0 bridgehead atoms. The van der Waals surface area contributed by atoms with Crippen LogP contribution in [0, 0.1) is 5.41 Å². The molecule has 21 heavy (non-hydrogen) atoms. The lowest BCUT2D eigenvalue weighted by molar-refractivity contribution is 0.0910. The number of fused-ring (bicyclic) bond motifs is 1. The van der Waals surface area contributed by atoms with Crippen LogP contribution < -0.4 is 0 Å². The molecule has 1 aromatic carbocycles. The van der Waals surface area contributed by atoms with Gasteiger partial charge in [0.1, 0.15) is 0 Å². The van der Waals surface area contributed by atoms with Gasteiger partial charge in [-0.2, -0.15) is 0 Å². The summed E-state index contributed by atoms with van der Waals surface area (Å²) in [6.07, 6.45) is 2.90. The number of carbonyl (C=O) groups excluding carboxylic acids is 1. The zero-order valence-corrected chi connectivity index (χ0v) is 13.3. The highest BCUT2D eigenvalue weighted by molar-refractivity contribution is 6.36. The average molecular weight is 321 g/mol. The Morgan fingerprint density at radius 2 is 1.90 bits per heavy atom. The third kappa shape index (κ3) is 2.81. The van der Waals surface area contributed by atoms with Gasteiger partial charge in [-0.1, -0.05) is 37.0 Å². The standard InChI is InChI=1S/C16H14Cl2N2O/c1-16(2)6-13-11(14(21)7-16)8-19-15(20-13)10-4-3-9(17)5-12(10)18/h3-5,8H,6-7H2,1-2H3. The molecule has 0 saturated carbocycles. The van der Waals surface area contributed by atoms with Gasteiger partial charge in [-0.05, 0) is 30.0 Å². The van der Waals surface area contributed by atoms with Crippen LogP contribution in [-0.2, 0) is 6.42 Å². The van der Waals surface area contributed by atoms with Gasteiger partial charge in [0.15, 0.2) is 11.6 Å². The van der Waals surface area contributed by atoms with E-state index in [1.807, 2.05) is 0 Å². The van der Waals surface area contributed by atoms with E-state index in [2.05, 4.69) is 23.8 Å². The number of Topliss-reactive ketones (excluding diaryl/α,β-unsaturated/α-hetero) is 1. The molecule has 0 aliphatic heterocycles. The smallest absolute Gasteiger partial charge is 0.166 e. The summed E-state index contributed by atoms with van der Waals surface area (Å²) in [6, 6.07) is 5.21. The van der Waals surface area contributed by atoms with Crippen molar-refractivity contribution in [3.63, 3.8) is 0 Å². The van der Waals surface area contributed by atoms with Crippen molar-refractivity contribution in [2.75, 3.05) is 0 Å². The van der Waals surface area contributed by atoms with Crippen LogP contribution in [0.25, 0.3) is 11.4 Å². The number of halogens is 2. The lowest BCUT2D eigenvalue weighted by Gasteiger charge is -2.29. The zero-order valence-electron chi connectivity index (χ0n) is 11.8. The summed E-state index contributed by atoms with van der Waals surface area (Å²) < 4.78 is 0. The van der Waals surface area contributed by atoms with Crippen LogP contribution in [-0.4, -0.2) is 15.8 Å². The first kappa shape index (κ1) is 14.5. The first-order chi connectivity index (χ1) is 9.85. The van der Waals surface area contributed by atoms with Gasteiger partial charge >= 0.3 is 0 Å². The van der Waals surface area contributed by atoms with E-state index < -0.39 is 0 Å². The van der Waals surface area contributed by atoms with Gasteiger partial charge in [-0.25, -0.2) is 9.97 Å². The van der Waals surface area contributed by atoms with Gasteiger partial charge < -0.3 is 0 Å². The van der Waals surface area contributed by atoms with Crippen LogP contribution in [0.3, 0.4) is 0 Å². The second-order valence-corrected chi connectivity index (χ2v) is 6.96. The normalized spacial score (nSPS) is 16.7. The van der Waals surface area contributed by atoms with E-state index >= 15 is 0 Å². The van der Waals surface area contributed by atoms with Crippen molar-refractivity contribution in [2.24, 2.45) is 5.41 Å². The number of benzene rings is 1. The van der Waals surface area contributed by atoms with E-state index in [1.165, 1.54) is 0 Å². The molecule has 0 N–H and O–H groups in total. The second-order valence-electron chi connectivity index (χ2n) is 6.12. The van der Waals surface area contributed by atoms with E-state index in [1.54, 1.807) is 24.4 Å². The number of ketones is 1. The molecule has 2 aromatic rings. The molecule has 1 heterocycles. The lowest BCUT2D eigenvalue weighted by Crippen LogP contribution is -2.28. The Hall–Kier alpha value is -1.45. The number of rotatable bonds is 1. The SMILES string of the molecule is CC1(C)CC(=O)c2cnc(-c3ccc(Cl)cc3Cl)nc2C1. The van der Waals surface area contributed by atoms with E-state index in [0.717, 1.165) is 17.7 Å². The number of nitrogens with zero attached hydrogens (tertiary/aromatic N) is 2. The molecular weight excluding hydrogens is 307 g/mol. The molecule has 1 aliphatic carbocycles. The Labute approximate surface area is 133 Å². The highest BCUT2D eigenvalue weighted by atomic mass is 35.5. The molecule has 0 atom stereocenters. The summed E-state index contributed by atoms with van der Waals surface area (Å²) >= 11 is 12.1. The first-order valence-corrected chi connectivity index (χ1v) is 7.46. The van der Waals surface area contributed by atoms with Crippen LogP contribution in [0.5, 0.6) is 0 Å². The van der Waals surface area contributed by atoms with Gasteiger partial charge in [0.2, 0.25) is 0 Å². The maximum atomic E-state index is 12.1. The largest absolute Gasteiger partial charge is 0.294 e. The molecule has 0 unspecified atom stereocenters. The van der Waals surface area contributed by atoms with E-state index in [4.69, 9.17) is 23.2 Å². The van der Waals surface area contributed by atoms with Crippen molar-refractivity contribution in [1.29, 1.82) is 0 Å². The van der Waals surface area contributed by atoms with Gasteiger partial charge in [-0.3, -0.25) is 4.79 Å². The number of carbonyl (C=O) groups is 1. The molecule has 108 valence electrons. The maximum Gasteiger partial charge on any atom is 0.166 e. The van der Waals surface area contributed by atoms with Crippen LogP contribution in [0.15, 0.2) is 24.4 Å². The third-order valence-corrected chi connectivity index (χ3v) is 4.17. The predicted molar refractivity (Wildman–Crippen MR) is 83.9 cm³/mol. The van der Waals surface area contributed by atoms with Crippen molar-refractivity contribution >= 4 is 29.0 Å². The van der Waals surface area contributed by atoms with Crippen molar-refractivity contribution in [1.82, 2.24) is 9.97 Å². The summed E-state index contributed by atoms with van der Waals surface area (Å²) in [5.74, 6) is 0.635. The molecule has 5 heteroatoms. The summed E-state index contributed by atoms with van der Waals surface area (Å²) in [6.45, 7) is 4.15. The Morgan fingerprint density at radius 3 is 2.62 bits per heavy atom. The van der Waals surface area contributed by atoms with Crippen molar-refractivity contribution in [2.45, 2.75) is 26.7 Å². The molecule has 1 aliphatic rings. The van der Waals surface area contributed by atoms with Gasteiger partial charge in [0.05, 0.1) is 16.3 Å². The molecule has 0 amide bonds. The Kier molecular flexibility index (Phi) is 3.50. The maximum absolute atomic E-state index is 12.1. The topological polar surface area (TPSA) is 42.9 Å². The number of aromatic nitrogens is 2. The molecule has 3 rings (SSSR count). The Morgan fingerprint density at radius 1 is 1.14 bits per heavy atom. The fraction of sp³-hybridized carbons (Fsp3) is 0.312. The average Bonchev–Trinajstić information content (AvgIpc) is 2.36. The second kappa shape index (κ2) is 5.08. The van der Waals surface area contributed by atoms with Gasteiger partial charge in [0.25, 0.3) is 0 Å². The highest BCUT2D eigenvalue weighted by Gasteiger charge is 2.32. The first-order valence-electron chi connectivity index (χ1n) is 6.70. The van der Waals surface area contributed by atoms with Crippen LogP contribution >= 0.6 is 23.2 Å². The summed E-state index contributed by atoms with van der Waals surface area (Å²) in [5, 5.41) is 1.07. The molecule has 0 spiro atoms. The van der Waals surface area contributed by atoms with Crippen molar-refractivity contribution in [3.05, 3.63) is 45.7 Å². The van der Waals surface area contributed by atoms with Crippen LogP contribution in [0.2, 0.25) is 10.0 Å². The lowest BCUT2D eigenvalue weighted by atomic mass is 9.76. The minimum Gasteiger partial charge on any atom is -0.294 e. The summed E-state index contributed by atoms with van der Waals surface area (Å²) in [4.78, 5) is 21.0. The highest BCUT2D eigenvalue weighted by Crippen LogP contribution is 2.35. The molecule has 0 radical (unpaired) electrons. The number of hydrogen-bond acceptors (Lipinski definition) is 3. The molecule has 0 saturated heterocycles. The summed E-state index contributed by atoms with van der Waals surface area (Å²) in [5.41, 5.74) is 2.08. The van der Waals surface area contributed by atoms with Crippen LogP contribution in [0.1, 0.15) is 36.3 Å². The van der Waals surface area contributed by atoms with Crippen molar-refractivity contribution < 1.29 is 4.79 Å². The minimum atomic E-state index is -0.0699. The predicted octanol–water partition coefficient (Wildman–Crippen LogP) is 4.61. The van der Waals surface area contributed by atoms with Crippen LogP contribution in [0.4, 0.5) is 0 Å². The van der Waals surface area contributed by atoms with E-state index in [-0.39, 0.29) is 11.2 Å². The molecule has 1 aromatic heterocycles. The molecular formula is C16H14Cl2N2O. The minimum absolute atomic E-state index is 0.0699. The quantitative estimate of drug-likeness (QED) is 0.770. The monoisotopic (exact) mass is 320 g/mol. The Bertz CT molecular complexity index is 741. The zero-order chi connectivity index (χ0) is 15.2. The molecule has 3 nitrogen and oxygen atoms in total. The van der Waals surface area contributed by atoms with Gasteiger partial charge in [0, 0.05) is 23.2 Å². The fourth-order valence-electron chi connectivity index (χ4n) is 2.63. The van der Waals surface area contributed by atoms with E-state index in [9.17, 15) is 4.79 Å². The van der Waals surface area contributed by atoms with Crippen molar-refractivity contribution in [3.8, 4) is 11.4 Å². The fourth-order valence-corrected chi connectivity index (χ4v) is 3.12. The number of hydrogen-bond donors (Lipinski definition) is 0. The van der Waals surface area contributed by atoms with Gasteiger partial charge in [-0.15, -0.1) is 0 Å². The molecule has 0 fully saturated rings.